The Bertz CT molecular complexity index is 509. The summed E-state index contributed by atoms with van der Waals surface area (Å²) >= 11 is 0. The molecular formula is C15H14N2. The van der Waals surface area contributed by atoms with Gasteiger partial charge in [-0.15, -0.1) is 0 Å². The maximum Gasteiger partial charge on any atom is 0.0991 e. The Kier molecular flexibility index (Phi) is 3.42. The van der Waals surface area contributed by atoms with Crippen molar-refractivity contribution in [2.75, 3.05) is 11.4 Å². The maximum absolute atomic E-state index is 8.78. The first-order chi connectivity index (χ1) is 8.35. The van der Waals surface area contributed by atoms with Gasteiger partial charge >= 0.3 is 0 Å². The molecule has 84 valence electrons. The standard InChI is InChI=1S/C15H14N2/c1-2-17(14-6-4-3-5-7-14)15-10-8-13(12-16)9-11-15/h3-11H,2H2,1H3. The predicted molar refractivity (Wildman–Crippen MR) is 70.3 cm³/mol. The molecule has 0 bridgehead atoms. The molecule has 0 N–H and O–H groups in total. The number of hydrogen-bond acceptors (Lipinski definition) is 2. The van der Waals surface area contributed by atoms with Crippen molar-refractivity contribution in [3.8, 4) is 6.07 Å². The van der Waals surface area contributed by atoms with E-state index in [1.54, 1.807) is 0 Å². The lowest BCUT2D eigenvalue weighted by molar-refractivity contribution is 1.02. The predicted octanol–water partition coefficient (Wildman–Crippen LogP) is 3.72. The Morgan fingerprint density at radius 1 is 0.941 bits per heavy atom. The molecule has 0 aliphatic heterocycles. The summed E-state index contributed by atoms with van der Waals surface area (Å²) in [7, 11) is 0. The van der Waals surface area contributed by atoms with Gasteiger partial charge in [0.1, 0.15) is 0 Å². The van der Waals surface area contributed by atoms with Crippen molar-refractivity contribution in [2.24, 2.45) is 0 Å². The smallest absolute Gasteiger partial charge is 0.0991 e. The van der Waals surface area contributed by atoms with Gasteiger partial charge < -0.3 is 4.90 Å². The molecule has 0 radical (unpaired) electrons. The number of anilines is 2. The van der Waals surface area contributed by atoms with E-state index in [2.05, 4.69) is 30.0 Å². The van der Waals surface area contributed by atoms with Gasteiger partial charge in [-0.25, -0.2) is 0 Å². The van der Waals surface area contributed by atoms with Gasteiger partial charge in [-0.2, -0.15) is 5.26 Å². The van der Waals surface area contributed by atoms with Gasteiger partial charge in [0.25, 0.3) is 0 Å². The third-order valence-electron chi connectivity index (χ3n) is 2.69. The highest BCUT2D eigenvalue weighted by atomic mass is 15.1. The number of nitrogens with zero attached hydrogens (tertiary/aromatic N) is 2. The van der Waals surface area contributed by atoms with Crippen LogP contribution in [0.4, 0.5) is 11.4 Å². The summed E-state index contributed by atoms with van der Waals surface area (Å²) < 4.78 is 0. The normalized spacial score (nSPS) is 9.65. The van der Waals surface area contributed by atoms with E-state index in [0.29, 0.717) is 5.56 Å². The second kappa shape index (κ2) is 5.18. The molecule has 2 nitrogen and oxygen atoms in total. The van der Waals surface area contributed by atoms with Crippen molar-refractivity contribution >= 4 is 11.4 Å². The molecule has 0 spiro atoms. The fourth-order valence-electron chi connectivity index (χ4n) is 1.84. The number of rotatable bonds is 3. The molecule has 0 heterocycles. The highest BCUT2D eigenvalue weighted by molar-refractivity contribution is 5.63. The van der Waals surface area contributed by atoms with Crippen molar-refractivity contribution < 1.29 is 0 Å². The monoisotopic (exact) mass is 222 g/mol. The second-order valence-corrected chi connectivity index (χ2v) is 3.74. The Morgan fingerprint density at radius 2 is 1.53 bits per heavy atom. The van der Waals surface area contributed by atoms with E-state index >= 15 is 0 Å². The van der Waals surface area contributed by atoms with Crippen LogP contribution in [0.2, 0.25) is 0 Å². The van der Waals surface area contributed by atoms with E-state index in [1.165, 1.54) is 5.69 Å². The Morgan fingerprint density at radius 3 is 2.06 bits per heavy atom. The minimum atomic E-state index is 0.692. The quantitative estimate of drug-likeness (QED) is 0.791. The van der Waals surface area contributed by atoms with Crippen LogP contribution >= 0.6 is 0 Å². The molecule has 0 amide bonds. The second-order valence-electron chi connectivity index (χ2n) is 3.74. The highest BCUT2D eigenvalue weighted by Crippen LogP contribution is 2.24. The topological polar surface area (TPSA) is 27.0 Å². The molecule has 0 unspecified atom stereocenters. The SMILES string of the molecule is CCN(c1ccccc1)c1ccc(C#N)cc1. The number of benzene rings is 2. The van der Waals surface area contributed by atoms with Crippen LogP contribution in [0.5, 0.6) is 0 Å². The maximum atomic E-state index is 8.78. The molecule has 0 atom stereocenters. The fraction of sp³-hybridized carbons (Fsp3) is 0.133. The summed E-state index contributed by atoms with van der Waals surface area (Å²) in [4.78, 5) is 2.21. The average Bonchev–Trinajstić information content (AvgIpc) is 2.42. The minimum absolute atomic E-state index is 0.692. The first-order valence-electron chi connectivity index (χ1n) is 5.68. The lowest BCUT2D eigenvalue weighted by Crippen LogP contribution is -2.15. The highest BCUT2D eigenvalue weighted by Gasteiger charge is 2.05. The van der Waals surface area contributed by atoms with Crippen LogP contribution in [0, 0.1) is 11.3 Å². The minimum Gasteiger partial charge on any atom is -0.342 e. The van der Waals surface area contributed by atoms with Gasteiger partial charge in [-0.05, 0) is 43.3 Å². The van der Waals surface area contributed by atoms with Crippen LogP contribution in [-0.2, 0) is 0 Å². The lowest BCUT2D eigenvalue weighted by Gasteiger charge is -2.23. The van der Waals surface area contributed by atoms with Gasteiger partial charge in [0.15, 0.2) is 0 Å². The first kappa shape index (κ1) is 11.2. The van der Waals surface area contributed by atoms with Gasteiger partial charge in [0.05, 0.1) is 11.6 Å². The largest absolute Gasteiger partial charge is 0.342 e. The molecule has 2 aromatic carbocycles. The van der Waals surface area contributed by atoms with Crippen molar-refractivity contribution in [3.63, 3.8) is 0 Å². The van der Waals surface area contributed by atoms with Crippen LogP contribution in [0.1, 0.15) is 12.5 Å². The zero-order chi connectivity index (χ0) is 12.1. The van der Waals surface area contributed by atoms with Gasteiger partial charge in [0.2, 0.25) is 0 Å². The molecule has 0 aliphatic rings. The molecule has 0 fully saturated rings. The van der Waals surface area contributed by atoms with Crippen molar-refractivity contribution in [1.29, 1.82) is 5.26 Å². The fourth-order valence-corrected chi connectivity index (χ4v) is 1.84. The van der Waals surface area contributed by atoms with Crippen LogP contribution in [0.15, 0.2) is 54.6 Å². The van der Waals surface area contributed by atoms with Gasteiger partial charge in [-0.1, -0.05) is 18.2 Å². The first-order valence-corrected chi connectivity index (χ1v) is 5.68. The van der Waals surface area contributed by atoms with E-state index in [4.69, 9.17) is 5.26 Å². The summed E-state index contributed by atoms with van der Waals surface area (Å²) in [6.07, 6.45) is 0. The van der Waals surface area contributed by atoms with E-state index in [9.17, 15) is 0 Å². The van der Waals surface area contributed by atoms with Crippen molar-refractivity contribution in [1.82, 2.24) is 0 Å². The van der Waals surface area contributed by atoms with Crippen LogP contribution in [0.25, 0.3) is 0 Å². The average molecular weight is 222 g/mol. The molecule has 17 heavy (non-hydrogen) atoms. The molecule has 2 aromatic rings. The number of para-hydroxylation sites is 1. The summed E-state index contributed by atoms with van der Waals surface area (Å²) in [5.41, 5.74) is 2.97. The van der Waals surface area contributed by atoms with E-state index in [-0.39, 0.29) is 0 Å². The third kappa shape index (κ3) is 2.46. The Hall–Kier alpha value is -2.27. The van der Waals surface area contributed by atoms with Crippen molar-refractivity contribution in [3.05, 3.63) is 60.2 Å². The number of nitriles is 1. The molecule has 0 aliphatic carbocycles. The molecular weight excluding hydrogens is 208 g/mol. The molecule has 2 rings (SSSR count). The Balaban J connectivity index is 2.33. The zero-order valence-corrected chi connectivity index (χ0v) is 9.80. The molecule has 0 saturated carbocycles. The number of hydrogen-bond donors (Lipinski definition) is 0. The van der Waals surface area contributed by atoms with Crippen LogP contribution < -0.4 is 4.90 Å². The summed E-state index contributed by atoms with van der Waals surface area (Å²) in [6, 6.07) is 20.0. The summed E-state index contributed by atoms with van der Waals surface area (Å²) in [5, 5.41) is 8.78. The van der Waals surface area contributed by atoms with E-state index in [1.807, 2.05) is 42.5 Å². The Labute approximate surface area is 102 Å². The molecule has 2 heteroatoms. The lowest BCUT2D eigenvalue weighted by atomic mass is 10.2. The van der Waals surface area contributed by atoms with E-state index in [0.717, 1.165) is 12.2 Å². The summed E-state index contributed by atoms with van der Waals surface area (Å²) in [5.74, 6) is 0. The van der Waals surface area contributed by atoms with Gasteiger partial charge in [-0.3, -0.25) is 0 Å². The van der Waals surface area contributed by atoms with Crippen LogP contribution in [-0.4, -0.2) is 6.54 Å². The van der Waals surface area contributed by atoms with E-state index < -0.39 is 0 Å². The van der Waals surface area contributed by atoms with Crippen molar-refractivity contribution in [2.45, 2.75) is 6.92 Å². The molecule has 0 aromatic heterocycles. The van der Waals surface area contributed by atoms with Gasteiger partial charge in [0, 0.05) is 17.9 Å². The third-order valence-corrected chi connectivity index (χ3v) is 2.69. The summed E-state index contributed by atoms with van der Waals surface area (Å²) in [6.45, 7) is 3.01. The zero-order valence-electron chi connectivity index (χ0n) is 9.80. The molecule has 0 saturated heterocycles. The van der Waals surface area contributed by atoms with Crippen LogP contribution in [0.3, 0.4) is 0 Å².